The standard InChI is InChI=1S/C16H31P/c1-15(2,3)17(16(4,5)6)13-12-14-10-8-7-9-11-14/h12-14H,7-11H2,1-6H3. The summed E-state index contributed by atoms with van der Waals surface area (Å²) >= 11 is 0. The summed E-state index contributed by atoms with van der Waals surface area (Å²) in [6.07, 6.45) is 9.75. The van der Waals surface area contributed by atoms with Crippen LogP contribution in [0.15, 0.2) is 11.9 Å². The first-order valence-electron chi connectivity index (χ1n) is 7.19. The molecule has 1 aliphatic rings. The van der Waals surface area contributed by atoms with Crippen LogP contribution in [0.4, 0.5) is 0 Å². The molecule has 0 aliphatic heterocycles. The van der Waals surface area contributed by atoms with Gasteiger partial charge in [0, 0.05) is 0 Å². The molecule has 0 unspecified atom stereocenters. The molecule has 0 spiro atoms. The second-order valence-electron chi connectivity index (χ2n) is 7.45. The smallest absolute Gasteiger partial charge is 0.0140 e. The zero-order valence-corrected chi connectivity index (χ0v) is 13.6. The zero-order valence-electron chi connectivity index (χ0n) is 12.7. The van der Waals surface area contributed by atoms with Crippen LogP contribution in [0.3, 0.4) is 0 Å². The molecule has 17 heavy (non-hydrogen) atoms. The van der Waals surface area contributed by atoms with E-state index in [9.17, 15) is 0 Å². The summed E-state index contributed by atoms with van der Waals surface area (Å²) in [4.78, 5) is 0. The Morgan fingerprint density at radius 2 is 1.29 bits per heavy atom. The van der Waals surface area contributed by atoms with Crippen molar-refractivity contribution in [3.63, 3.8) is 0 Å². The normalized spacial score (nSPS) is 20.4. The van der Waals surface area contributed by atoms with Crippen molar-refractivity contribution in [2.75, 3.05) is 0 Å². The first kappa shape index (κ1) is 15.2. The third-order valence-electron chi connectivity index (χ3n) is 3.60. The largest absolute Gasteiger partial charge is 0.0809 e. The van der Waals surface area contributed by atoms with E-state index in [2.05, 4.69) is 53.4 Å². The Kier molecular flexibility index (Phi) is 5.26. The van der Waals surface area contributed by atoms with E-state index < -0.39 is 0 Å². The van der Waals surface area contributed by atoms with Gasteiger partial charge in [-0.1, -0.05) is 80.6 Å². The molecule has 0 radical (unpaired) electrons. The van der Waals surface area contributed by atoms with Crippen LogP contribution in [0.5, 0.6) is 0 Å². The molecule has 0 aromatic heterocycles. The average Bonchev–Trinajstić information content (AvgIpc) is 2.15. The first-order chi connectivity index (χ1) is 7.71. The van der Waals surface area contributed by atoms with Gasteiger partial charge in [-0.05, 0) is 29.1 Å². The minimum atomic E-state index is -0.0482. The fourth-order valence-electron chi connectivity index (χ4n) is 2.99. The van der Waals surface area contributed by atoms with Gasteiger partial charge >= 0.3 is 0 Å². The second kappa shape index (κ2) is 5.87. The van der Waals surface area contributed by atoms with Gasteiger partial charge in [0.05, 0.1) is 0 Å². The SMILES string of the molecule is CC(C)(C)P(C=CC1CCCCC1)C(C)(C)C. The molecule has 1 rings (SSSR count). The van der Waals surface area contributed by atoms with Crippen molar-refractivity contribution >= 4 is 7.92 Å². The van der Waals surface area contributed by atoms with Crippen LogP contribution in [0.25, 0.3) is 0 Å². The maximum absolute atomic E-state index is 2.59. The van der Waals surface area contributed by atoms with E-state index in [4.69, 9.17) is 0 Å². The van der Waals surface area contributed by atoms with Crippen LogP contribution in [0.2, 0.25) is 0 Å². The lowest BCUT2D eigenvalue weighted by Crippen LogP contribution is -2.23. The van der Waals surface area contributed by atoms with Gasteiger partial charge in [0.15, 0.2) is 0 Å². The van der Waals surface area contributed by atoms with E-state index in [-0.39, 0.29) is 7.92 Å². The molecular weight excluding hydrogens is 223 g/mol. The molecule has 0 aromatic rings. The Bertz CT molecular complexity index is 232. The summed E-state index contributed by atoms with van der Waals surface area (Å²) in [5.41, 5.74) is 0. The number of hydrogen-bond acceptors (Lipinski definition) is 0. The highest BCUT2D eigenvalue weighted by Crippen LogP contribution is 2.60. The minimum absolute atomic E-state index is 0.0482. The van der Waals surface area contributed by atoms with E-state index in [1.807, 2.05) is 0 Å². The number of rotatable bonds is 2. The van der Waals surface area contributed by atoms with Gasteiger partial charge in [-0.15, -0.1) is 0 Å². The van der Waals surface area contributed by atoms with E-state index >= 15 is 0 Å². The second-order valence-corrected chi connectivity index (χ2v) is 11.2. The number of allylic oxidation sites excluding steroid dienone is 1. The molecule has 1 fully saturated rings. The topological polar surface area (TPSA) is 0 Å². The first-order valence-corrected chi connectivity index (χ1v) is 8.60. The minimum Gasteiger partial charge on any atom is -0.0809 e. The maximum atomic E-state index is 2.59. The fraction of sp³-hybridized carbons (Fsp3) is 0.875. The molecule has 0 bridgehead atoms. The van der Waals surface area contributed by atoms with E-state index in [1.54, 1.807) is 0 Å². The van der Waals surface area contributed by atoms with E-state index in [0.717, 1.165) is 5.92 Å². The van der Waals surface area contributed by atoms with Gasteiger partial charge in [0.2, 0.25) is 0 Å². The third kappa shape index (κ3) is 5.12. The lowest BCUT2D eigenvalue weighted by atomic mass is 9.90. The molecule has 0 saturated heterocycles. The third-order valence-corrected chi connectivity index (χ3v) is 6.96. The fourth-order valence-corrected chi connectivity index (χ4v) is 6.31. The van der Waals surface area contributed by atoms with Crippen molar-refractivity contribution in [1.29, 1.82) is 0 Å². The summed E-state index contributed by atoms with van der Waals surface area (Å²) in [5, 5.41) is 0.859. The van der Waals surface area contributed by atoms with Crippen LogP contribution >= 0.6 is 7.92 Å². The van der Waals surface area contributed by atoms with Crippen LogP contribution in [0, 0.1) is 5.92 Å². The van der Waals surface area contributed by atoms with Crippen molar-refractivity contribution in [3.8, 4) is 0 Å². The highest BCUT2D eigenvalue weighted by atomic mass is 31.1. The monoisotopic (exact) mass is 254 g/mol. The zero-order chi connectivity index (χ0) is 13.1. The summed E-state index contributed by atoms with van der Waals surface area (Å²) < 4.78 is 0. The van der Waals surface area contributed by atoms with Gasteiger partial charge in [-0.25, -0.2) is 0 Å². The Morgan fingerprint density at radius 3 is 1.71 bits per heavy atom. The molecule has 100 valence electrons. The van der Waals surface area contributed by atoms with E-state index in [0.29, 0.717) is 10.3 Å². The Balaban J connectivity index is 2.69. The van der Waals surface area contributed by atoms with Gasteiger partial charge < -0.3 is 0 Å². The quantitative estimate of drug-likeness (QED) is 0.518. The molecule has 0 heterocycles. The highest BCUT2D eigenvalue weighted by Gasteiger charge is 2.32. The van der Waals surface area contributed by atoms with Crippen molar-refractivity contribution < 1.29 is 0 Å². The van der Waals surface area contributed by atoms with Gasteiger partial charge in [0.25, 0.3) is 0 Å². The van der Waals surface area contributed by atoms with Crippen molar-refractivity contribution in [2.45, 2.75) is 84.0 Å². The molecule has 0 N–H and O–H groups in total. The summed E-state index contributed by atoms with van der Waals surface area (Å²) in [6, 6.07) is 0. The van der Waals surface area contributed by atoms with Crippen LogP contribution in [-0.2, 0) is 0 Å². The van der Waals surface area contributed by atoms with Gasteiger partial charge in [-0.3, -0.25) is 0 Å². The molecule has 1 aliphatic carbocycles. The van der Waals surface area contributed by atoms with Crippen molar-refractivity contribution in [1.82, 2.24) is 0 Å². The summed E-state index contributed by atoms with van der Waals surface area (Å²) in [7, 11) is -0.0482. The molecule has 0 atom stereocenters. The van der Waals surface area contributed by atoms with Crippen LogP contribution in [-0.4, -0.2) is 10.3 Å². The van der Waals surface area contributed by atoms with Crippen LogP contribution in [0.1, 0.15) is 73.6 Å². The van der Waals surface area contributed by atoms with E-state index in [1.165, 1.54) is 32.1 Å². The van der Waals surface area contributed by atoms with Crippen molar-refractivity contribution in [2.24, 2.45) is 5.92 Å². The number of hydrogen-bond donors (Lipinski definition) is 0. The highest BCUT2D eigenvalue weighted by molar-refractivity contribution is 7.63. The predicted molar refractivity (Wildman–Crippen MR) is 82.1 cm³/mol. The summed E-state index contributed by atoms with van der Waals surface area (Å²) in [5.74, 6) is 3.46. The van der Waals surface area contributed by atoms with Gasteiger partial charge in [0.1, 0.15) is 0 Å². The molecule has 0 amide bonds. The maximum Gasteiger partial charge on any atom is -0.0140 e. The average molecular weight is 254 g/mol. The van der Waals surface area contributed by atoms with Gasteiger partial charge in [-0.2, -0.15) is 0 Å². The molecule has 1 saturated carbocycles. The Labute approximate surface area is 110 Å². The Morgan fingerprint density at radius 1 is 0.824 bits per heavy atom. The molecule has 0 aromatic carbocycles. The predicted octanol–water partition coefficient (Wildman–Crippen LogP) is 6.16. The molecular formula is C16H31P. The molecule has 1 heteroatoms. The lowest BCUT2D eigenvalue weighted by molar-refractivity contribution is 0.419. The Hall–Kier alpha value is 0.170. The van der Waals surface area contributed by atoms with Crippen molar-refractivity contribution in [3.05, 3.63) is 11.9 Å². The molecule has 0 nitrogen and oxygen atoms in total. The summed E-state index contributed by atoms with van der Waals surface area (Å²) in [6.45, 7) is 14.4. The lowest BCUT2D eigenvalue weighted by Gasteiger charge is -2.39. The van der Waals surface area contributed by atoms with Crippen LogP contribution < -0.4 is 0 Å².